The summed E-state index contributed by atoms with van der Waals surface area (Å²) < 4.78 is 0. The number of nitriles is 1. The van der Waals surface area contributed by atoms with Gasteiger partial charge in [0, 0.05) is 25.7 Å². The van der Waals surface area contributed by atoms with Gasteiger partial charge in [0.1, 0.15) is 12.1 Å². The van der Waals surface area contributed by atoms with E-state index in [0.29, 0.717) is 17.6 Å². The number of likely N-dealkylation sites (N-methyl/N-ethyl adjacent to an activating group) is 1. The average Bonchev–Trinajstić information content (AvgIpc) is 3.56. The molecule has 1 aromatic heterocycles. The van der Waals surface area contributed by atoms with Gasteiger partial charge in [-0.2, -0.15) is 5.26 Å². The Morgan fingerprint density at radius 1 is 1.24 bits per heavy atom. The van der Waals surface area contributed by atoms with Crippen molar-refractivity contribution in [3.05, 3.63) is 59.4 Å². The molecular formula is C28H30N6O3. The molecule has 37 heavy (non-hydrogen) atoms. The lowest BCUT2D eigenvalue weighted by atomic mass is 9.80. The third-order valence-corrected chi connectivity index (χ3v) is 7.60. The zero-order valence-corrected chi connectivity index (χ0v) is 21.4. The molecule has 0 bridgehead atoms. The molecule has 2 aromatic carbocycles. The van der Waals surface area contributed by atoms with E-state index in [9.17, 15) is 19.6 Å². The number of aryl methyl sites for hydroxylation is 1. The number of amides is 3. The second kappa shape index (κ2) is 9.04. The first-order valence-corrected chi connectivity index (χ1v) is 12.5. The summed E-state index contributed by atoms with van der Waals surface area (Å²) in [5, 5.41) is 12.9. The molecule has 1 spiro atoms. The molecule has 3 amide bonds. The highest BCUT2D eigenvalue weighted by molar-refractivity contribution is 6.07. The lowest BCUT2D eigenvalue weighted by Crippen LogP contribution is -2.52. The van der Waals surface area contributed by atoms with E-state index in [1.54, 1.807) is 7.05 Å². The molecule has 2 aliphatic rings. The van der Waals surface area contributed by atoms with Crippen LogP contribution in [0.4, 0.5) is 5.69 Å². The molecule has 2 aliphatic heterocycles. The number of fused-ring (bicyclic) bond motifs is 3. The molecule has 3 aromatic rings. The molecule has 0 radical (unpaired) electrons. The number of imidazole rings is 1. The molecule has 0 aliphatic carbocycles. The van der Waals surface area contributed by atoms with Crippen molar-refractivity contribution >= 4 is 34.4 Å². The van der Waals surface area contributed by atoms with Crippen molar-refractivity contribution in [2.75, 3.05) is 18.9 Å². The van der Waals surface area contributed by atoms with Crippen LogP contribution in [-0.4, -0.2) is 63.2 Å². The van der Waals surface area contributed by atoms with Crippen LogP contribution in [0.5, 0.6) is 0 Å². The van der Waals surface area contributed by atoms with Gasteiger partial charge in [-0.3, -0.25) is 14.4 Å². The minimum atomic E-state index is -0.978. The van der Waals surface area contributed by atoms with E-state index >= 15 is 0 Å². The molecule has 190 valence electrons. The molecule has 0 saturated carbocycles. The Hall–Kier alpha value is -4.19. The Kier molecular flexibility index (Phi) is 5.98. The van der Waals surface area contributed by atoms with Crippen LogP contribution in [-0.2, 0) is 15.0 Å². The van der Waals surface area contributed by atoms with Crippen LogP contribution in [0, 0.1) is 24.2 Å². The zero-order chi connectivity index (χ0) is 26.5. The van der Waals surface area contributed by atoms with Gasteiger partial charge in [-0.1, -0.05) is 44.2 Å². The van der Waals surface area contributed by atoms with Crippen molar-refractivity contribution in [1.82, 2.24) is 19.8 Å². The van der Waals surface area contributed by atoms with E-state index in [4.69, 9.17) is 0 Å². The first-order chi connectivity index (χ1) is 17.7. The minimum absolute atomic E-state index is 0.0906. The first kappa shape index (κ1) is 24.5. The summed E-state index contributed by atoms with van der Waals surface area (Å²) >= 11 is 0. The minimum Gasteiger partial charge on any atom is -0.334 e. The number of anilines is 1. The van der Waals surface area contributed by atoms with E-state index < -0.39 is 23.4 Å². The first-order valence-electron chi connectivity index (χ1n) is 12.5. The van der Waals surface area contributed by atoms with Crippen molar-refractivity contribution in [2.45, 2.75) is 51.1 Å². The number of hydrogen-bond donors (Lipinski definition) is 2. The van der Waals surface area contributed by atoms with E-state index in [0.717, 1.165) is 16.6 Å². The second-order valence-corrected chi connectivity index (χ2v) is 10.5. The van der Waals surface area contributed by atoms with Crippen molar-refractivity contribution in [2.24, 2.45) is 5.92 Å². The Balaban J connectivity index is 1.46. The number of carbonyl (C=O) groups excluding carboxylic acids is 3. The SMILES string of the molecule is Cc1cccc2[nH]c(C(=O)N(C)[C@@H](CC(C)C)C(=O)N3C[C@]4(C[C@H]3C#N)C(=O)Nc3ccccc34)nc12. The maximum Gasteiger partial charge on any atom is 0.290 e. The smallest absolute Gasteiger partial charge is 0.290 e. The maximum atomic E-state index is 14.0. The molecule has 5 rings (SSSR count). The fourth-order valence-electron chi connectivity index (χ4n) is 5.63. The molecule has 3 atom stereocenters. The van der Waals surface area contributed by atoms with Crippen molar-refractivity contribution in [3.8, 4) is 6.07 Å². The summed E-state index contributed by atoms with van der Waals surface area (Å²) in [6, 6.07) is 13.7. The lowest BCUT2D eigenvalue weighted by Gasteiger charge is -2.33. The van der Waals surface area contributed by atoms with Crippen molar-refractivity contribution in [1.29, 1.82) is 5.26 Å². The van der Waals surface area contributed by atoms with E-state index in [1.807, 2.05) is 63.2 Å². The quantitative estimate of drug-likeness (QED) is 0.559. The Morgan fingerprint density at radius 3 is 2.70 bits per heavy atom. The van der Waals surface area contributed by atoms with Gasteiger partial charge >= 0.3 is 0 Å². The summed E-state index contributed by atoms with van der Waals surface area (Å²) in [6.45, 7) is 5.98. The van der Waals surface area contributed by atoms with E-state index in [1.165, 1.54) is 9.80 Å². The van der Waals surface area contributed by atoms with Gasteiger partial charge in [-0.15, -0.1) is 0 Å². The van der Waals surface area contributed by atoms with Crippen molar-refractivity contribution < 1.29 is 14.4 Å². The number of para-hydroxylation sites is 2. The van der Waals surface area contributed by atoms with Gasteiger partial charge in [-0.25, -0.2) is 4.98 Å². The predicted octanol–water partition coefficient (Wildman–Crippen LogP) is 3.37. The van der Waals surface area contributed by atoms with Crippen LogP contribution >= 0.6 is 0 Å². The monoisotopic (exact) mass is 498 g/mol. The highest BCUT2D eigenvalue weighted by Gasteiger charge is 2.56. The third-order valence-electron chi connectivity index (χ3n) is 7.60. The van der Waals surface area contributed by atoms with E-state index in [2.05, 4.69) is 21.4 Å². The number of nitrogens with one attached hydrogen (secondary N) is 2. The molecular weight excluding hydrogens is 468 g/mol. The molecule has 2 N–H and O–H groups in total. The highest BCUT2D eigenvalue weighted by Crippen LogP contribution is 2.46. The summed E-state index contributed by atoms with van der Waals surface area (Å²) in [4.78, 5) is 51.2. The van der Waals surface area contributed by atoms with Gasteiger partial charge in [0.2, 0.25) is 11.8 Å². The number of nitrogens with zero attached hydrogens (tertiary/aromatic N) is 4. The summed E-state index contributed by atoms with van der Waals surface area (Å²) in [5.41, 5.74) is 2.94. The summed E-state index contributed by atoms with van der Waals surface area (Å²) in [7, 11) is 1.60. The van der Waals surface area contributed by atoms with Crippen LogP contribution in [0.3, 0.4) is 0 Å². The summed E-state index contributed by atoms with van der Waals surface area (Å²) in [5.74, 6) is -0.674. The maximum absolute atomic E-state index is 14.0. The number of carbonyl (C=O) groups is 3. The number of likely N-dealkylation sites (tertiary alicyclic amines) is 1. The van der Waals surface area contributed by atoms with Gasteiger partial charge in [0.15, 0.2) is 5.82 Å². The van der Waals surface area contributed by atoms with E-state index in [-0.39, 0.29) is 36.5 Å². The normalized spacial score (nSPS) is 21.2. The second-order valence-electron chi connectivity index (χ2n) is 10.5. The van der Waals surface area contributed by atoms with Gasteiger partial charge in [0.25, 0.3) is 5.91 Å². The standard InChI is InChI=1S/C28H30N6O3/c1-16(2)12-22(33(4)26(36)24-30-21-11-7-8-17(3)23(21)32-24)25(35)34-15-28(13-18(34)14-29)19-9-5-6-10-20(19)31-27(28)37/h5-11,16,18,22H,12-13,15H2,1-4H3,(H,30,32)(H,31,37)/t18-,22-,28-/m0/s1. The molecule has 1 saturated heterocycles. The fourth-order valence-corrected chi connectivity index (χ4v) is 5.63. The van der Waals surface area contributed by atoms with Crippen LogP contribution in [0.15, 0.2) is 42.5 Å². The molecule has 0 unspecified atom stereocenters. The van der Waals surface area contributed by atoms with Crippen LogP contribution in [0.2, 0.25) is 0 Å². The lowest BCUT2D eigenvalue weighted by molar-refractivity contribution is -0.136. The Labute approximate surface area is 215 Å². The number of aromatic nitrogens is 2. The largest absolute Gasteiger partial charge is 0.334 e. The topological polar surface area (TPSA) is 122 Å². The molecule has 9 heteroatoms. The number of aromatic amines is 1. The average molecular weight is 499 g/mol. The van der Waals surface area contributed by atoms with Crippen LogP contribution < -0.4 is 5.32 Å². The Morgan fingerprint density at radius 2 is 2.00 bits per heavy atom. The highest BCUT2D eigenvalue weighted by atomic mass is 16.2. The number of H-pyrrole nitrogens is 1. The predicted molar refractivity (Wildman–Crippen MR) is 139 cm³/mol. The number of benzene rings is 2. The van der Waals surface area contributed by atoms with Gasteiger partial charge in [0.05, 0.1) is 22.5 Å². The van der Waals surface area contributed by atoms with Gasteiger partial charge < -0.3 is 20.1 Å². The third kappa shape index (κ3) is 3.93. The number of hydrogen-bond acceptors (Lipinski definition) is 5. The molecule has 1 fully saturated rings. The zero-order valence-electron chi connectivity index (χ0n) is 21.4. The van der Waals surface area contributed by atoms with Gasteiger partial charge in [-0.05, 0) is 42.5 Å². The Bertz CT molecular complexity index is 1450. The molecule has 3 heterocycles. The van der Waals surface area contributed by atoms with Crippen LogP contribution in [0.1, 0.15) is 48.4 Å². The summed E-state index contributed by atoms with van der Waals surface area (Å²) in [6.07, 6.45) is 0.623. The van der Waals surface area contributed by atoms with Crippen LogP contribution in [0.25, 0.3) is 11.0 Å². The fraction of sp³-hybridized carbons (Fsp3) is 0.393. The molecule has 9 nitrogen and oxygen atoms in total. The van der Waals surface area contributed by atoms with Crippen molar-refractivity contribution in [3.63, 3.8) is 0 Å². The number of rotatable bonds is 5.